The van der Waals surface area contributed by atoms with Gasteiger partial charge in [-0.05, 0) is 62.5 Å². The lowest BCUT2D eigenvalue weighted by atomic mass is 10.0. The molecule has 0 aliphatic carbocycles. The SMILES string of the molecule is CC(C)CC(CNC(=O)c1ccc(Cl)cc1)N1CCCC1. The molecule has 1 aliphatic rings. The number of hydrogen-bond donors (Lipinski definition) is 1. The zero-order valence-corrected chi connectivity index (χ0v) is 13.7. The Hall–Kier alpha value is -1.06. The van der Waals surface area contributed by atoms with Gasteiger partial charge in [0.15, 0.2) is 0 Å². The quantitative estimate of drug-likeness (QED) is 0.871. The van der Waals surface area contributed by atoms with E-state index in [2.05, 4.69) is 24.1 Å². The fourth-order valence-corrected chi connectivity index (χ4v) is 3.05. The number of halogens is 1. The van der Waals surface area contributed by atoms with Gasteiger partial charge in [-0.2, -0.15) is 0 Å². The molecule has 1 aromatic rings. The van der Waals surface area contributed by atoms with Crippen LogP contribution in [0.5, 0.6) is 0 Å². The summed E-state index contributed by atoms with van der Waals surface area (Å²) in [6.45, 7) is 7.52. The van der Waals surface area contributed by atoms with Crippen molar-refractivity contribution in [1.29, 1.82) is 0 Å². The minimum absolute atomic E-state index is 0.0142. The highest BCUT2D eigenvalue weighted by Crippen LogP contribution is 2.17. The largest absolute Gasteiger partial charge is 0.350 e. The monoisotopic (exact) mass is 308 g/mol. The molecule has 1 unspecified atom stereocenters. The topological polar surface area (TPSA) is 32.3 Å². The number of likely N-dealkylation sites (tertiary alicyclic amines) is 1. The molecule has 1 N–H and O–H groups in total. The predicted molar refractivity (Wildman–Crippen MR) is 87.8 cm³/mol. The maximum atomic E-state index is 12.2. The third-order valence-electron chi connectivity index (χ3n) is 4.01. The Balaban J connectivity index is 1.90. The van der Waals surface area contributed by atoms with Crippen molar-refractivity contribution in [3.8, 4) is 0 Å². The van der Waals surface area contributed by atoms with Gasteiger partial charge in [0.1, 0.15) is 0 Å². The zero-order chi connectivity index (χ0) is 15.2. The molecule has 0 saturated carbocycles. The van der Waals surface area contributed by atoms with Gasteiger partial charge in [0.2, 0.25) is 0 Å². The molecule has 21 heavy (non-hydrogen) atoms. The first-order chi connectivity index (χ1) is 10.1. The molecule has 0 bridgehead atoms. The summed E-state index contributed by atoms with van der Waals surface area (Å²) >= 11 is 5.85. The Labute approximate surface area is 132 Å². The van der Waals surface area contributed by atoms with E-state index in [0.717, 1.165) is 26.1 Å². The molecule has 1 heterocycles. The number of nitrogens with zero attached hydrogens (tertiary/aromatic N) is 1. The van der Waals surface area contributed by atoms with Crippen molar-refractivity contribution < 1.29 is 4.79 Å². The van der Waals surface area contributed by atoms with Crippen LogP contribution in [0.4, 0.5) is 0 Å². The first-order valence-corrected chi connectivity index (χ1v) is 8.22. The van der Waals surface area contributed by atoms with Crippen molar-refractivity contribution in [2.24, 2.45) is 5.92 Å². The summed E-state index contributed by atoms with van der Waals surface area (Å²) in [4.78, 5) is 14.7. The van der Waals surface area contributed by atoms with Gasteiger partial charge in [0.25, 0.3) is 5.91 Å². The number of carbonyl (C=O) groups is 1. The van der Waals surface area contributed by atoms with Gasteiger partial charge in [-0.15, -0.1) is 0 Å². The highest BCUT2D eigenvalue weighted by molar-refractivity contribution is 6.30. The molecule has 3 nitrogen and oxygen atoms in total. The highest BCUT2D eigenvalue weighted by Gasteiger charge is 2.23. The Morgan fingerprint density at radius 3 is 2.43 bits per heavy atom. The van der Waals surface area contributed by atoms with E-state index in [-0.39, 0.29) is 5.91 Å². The summed E-state index contributed by atoms with van der Waals surface area (Å²) in [5.74, 6) is 0.627. The molecule has 2 rings (SSSR count). The van der Waals surface area contributed by atoms with Gasteiger partial charge in [-0.3, -0.25) is 9.69 Å². The lowest BCUT2D eigenvalue weighted by Crippen LogP contribution is -2.43. The van der Waals surface area contributed by atoms with Crippen LogP contribution in [0.1, 0.15) is 43.5 Å². The number of hydrogen-bond acceptors (Lipinski definition) is 2. The van der Waals surface area contributed by atoms with E-state index in [1.807, 2.05) is 0 Å². The van der Waals surface area contributed by atoms with Gasteiger partial charge in [0, 0.05) is 23.2 Å². The van der Waals surface area contributed by atoms with E-state index >= 15 is 0 Å². The van der Waals surface area contributed by atoms with Crippen LogP contribution in [-0.2, 0) is 0 Å². The molecular weight excluding hydrogens is 284 g/mol. The average molecular weight is 309 g/mol. The molecule has 1 fully saturated rings. The maximum Gasteiger partial charge on any atom is 0.251 e. The summed E-state index contributed by atoms with van der Waals surface area (Å²) in [5.41, 5.74) is 0.670. The Kier molecular flexibility index (Phi) is 6.07. The van der Waals surface area contributed by atoms with Crippen LogP contribution in [0.15, 0.2) is 24.3 Å². The second-order valence-corrected chi connectivity index (χ2v) is 6.68. The maximum absolute atomic E-state index is 12.2. The average Bonchev–Trinajstić information content (AvgIpc) is 2.97. The lowest BCUT2D eigenvalue weighted by molar-refractivity contribution is 0.0933. The van der Waals surface area contributed by atoms with E-state index in [1.165, 1.54) is 12.8 Å². The van der Waals surface area contributed by atoms with Crippen molar-refractivity contribution in [2.75, 3.05) is 19.6 Å². The minimum atomic E-state index is -0.0142. The van der Waals surface area contributed by atoms with Crippen LogP contribution in [0.3, 0.4) is 0 Å². The fourth-order valence-electron chi connectivity index (χ4n) is 2.93. The van der Waals surface area contributed by atoms with Crippen molar-refractivity contribution in [1.82, 2.24) is 10.2 Å². The van der Waals surface area contributed by atoms with E-state index in [4.69, 9.17) is 11.6 Å². The smallest absolute Gasteiger partial charge is 0.251 e. The van der Waals surface area contributed by atoms with Crippen LogP contribution in [0.2, 0.25) is 5.02 Å². The molecule has 1 amide bonds. The van der Waals surface area contributed by atoms with Gasteiger partial charge >= 0.3 is 0 Å². The van der Waals surface area contributed by atoms with Crippen molar-refractivity contribution in [3.05, 3.63) is 34.9 Å². The van der Waals surface area contributed by atoms with E-state index < -0.39 is 0 Å². The van der Waals surface area contributed by atoms with Crippen LogP contribution in [-0.4, -0.2) is 36.5 Å². The second-order valence-electron chi connectivity index (χ2n) is 6.24. The van der Waals surface area contributed by atoms with Crippen LogP contribution < -0.4 is 5.32 Å². The number of nitrogens with one attached hydrogen (secondary N) is 1. The number of amides is 1. The first kappa shape index (κ1) is 16.3. The zero-order valence-electron chi connectivity index (χ0n) is 12.9. The number of rotatable bonds is 6. The second kappa shape index (κ2) is 7.81. The normalized spacial score (nSPS) is 17.1. The van der Waals surface area contributed by atoms with Gasteiger partial charge < -0.3 is 5.32 Å². The highest BCUT2D eigenvalue weighted by atomic mass is 35.5. The predicted octanol–water partition coefficient (Wildman–Crippen LogP) is 3.58. The summed E-state index contributed by atoms with van der Waals surface area (Å²) in [7, 11) is 0. The molecule has 4 heteroatoms. The number of carbonyl (C=O) groups excluding carboxylic acids is 1. The molecule has 0 aromatic heterocycles. The molecule has 1 aromatic carbocycles. The molecule has 1 aliphatic heterocycles. The first-order valence-electron chi connectivity index (χ1n) is 7.84. The van der Waals surface area contributed by atoms with Gasteiger partial charge in [-0.1, -0.05) is 25.4 Å². The summed E-state index contributed by atoms with van der Waals surface area (Å²) in [5, 5.41) is 3.73. The van der Waals surface area contributed by atoms with Crippen LogP contribution in [0.25, 0.3) is 0 Å². The van der Waals surface area contributed by atoms with Crippen molar-refractivity contribution in [2.45, 2.75) is 39.2 Å². The lowest BCUT2D eigenvalue weighted by Gasteiger charge is -2.29. The Bertz CT molecular complexity index is 452. The van der Waals surface area contributed by atoms with Crippen LogP contribution in [0, 0.1) is 5.92 Å². The molecule has 116 valence electrons. The third kappa shape index (κ3) is 5.01. The van der Waals surface area contributed by atoms with E-state index in [0.29, 0.717) is 22.5 Å². The summed E-state index contributed by atoms with van der Waals surface area (Å²) < 4.78 is 0. The number of benzene rings is 1. The summed E-state index contributed by atoms with van der Waals surface area (Å²) in [6, 6.07) is 7.49. The fraction of sp³-hybridized carbons (Fsp3) is 0.588. The van der Waals surface area contributed by atoms with Crippen molar-refractivity contribution in [3.63, 3.8) is 0 Å². The molecule has 0 radical (unpaired) electrons. The van der Waals surface area contributed by atoms with Crippen molar-refractivity contribution >= 4 is 17.5 Å². The standard InChI is InChI=1S/C17H25ClN2O/c1-13(2)11-16(20-9-3-4-10-20)12-19-17(21)14-5-7-15(18)8-6-14/h5-8,13,16H,3-4,9-12H2,1-2H3,(H,19,21). The van der Waals surface area contributed by atoms with Gasteiger partial charge in [0.05, 0.1) is 0 Å². The van der Waals surface area contributed by atoms with Crippen LogP contribution >= 0.6 is 11.6 Å². The third-order valence-corrected chi connectivity index (χ3v) is 4.26. The van der Waals surface area contributed by atoms with E-state index in [1.54, 1.807) is 24.3 Å². The molecule has 0 spiro atoms. The van der Waals surface area contributed by atoms with E-state index in [9.17, 15) is 4.79 Å². The Morgan fingerprint density at radius 2 is 1.86 bits per heavy atom. The summed E-state index contributed by atoms with van der Waals surface area (Å²) in [6.07, 6.45) is 3.68. The molecular formula is C17H25ClN2O. The molecule has 1 saturated heterocycles. The van der Waals surface area contributed by atoms with Gasteiger partial charge in [-0.25, -0.2) is 0 Å². The molecule has 1 atom stereocenters. The Morgan fingerprint density at radius 1 is 1.24 bits per heavy atom. The minimum Gasteiger partial charge on any atom is -0.350 e.